The fraction of sp³-hybridized carbons (Fsp3) is 0.167. The molecule has 2 aromatic carbocycles. The molecule has 0 unspecified atom stereocenters. The van der Waals surface area contributed by atoms with Gasteiger partial charge < -0.3 is 19.7 Å². The van der Waals surface area contributed by atoms with E-state index in [1.54, 1.807) is 30.5 Å². The number of amides is 1. The smallest absolute Gasteiger partial charge is 0.248 e. The third-order valence-electron chi connectivity index (χ3n) is 4.74. The molecule has 2 heterocycles. The van der Waals surface area contributed by atoms with Crippen LogP contribution in [0.5, 0.6) is 11.5 Å². The summed E-state index contributed by atoms with van der Waals surface area (Å²) >= 11 is 0. The van der Waals surface area contributed by atoms with E-state index in [9.17, 15) is 9.18 Å². The number of rotatable bonds is 6. The molecule has 1 aliphatic heterocycles. The highest BCUT2D eigenvalue weighted by Gasteiger charge is 2.11. The first kappa shape index (κ1) is 20.6. The molecule has 1 N–H and O–H groups in total. The maximum Gasteiger partial charge on any atom is 0.248 e. The van der Waals surface area contributed by atoms with Crippen molar-refractivity contribution in [2.75, 3.05) is 36.5 Å². The Morgan fingerprint density at radius 2 is 2.00 bits per heavy atom. The molecule has 6 nitrogen and oxygen atoms in total. The van der Waals surface area contributed by atoms with Gasteiger partial charge in [0.1, 0.15) is 5.75 Å². The zero-order chi connectivity index (χ0) is 21.5. The summed E-state index contributed by atoms with van der Waals surface area (Å²) in [6, 6.07) is 15.6. The third kappa shape index (κ3) is 5.67. The van der Waals surface area contributed by atoms with Gasteiger partial charge in [0.2, 0.25) is 5.91 Å². The van der Waals surface area contributed by atoms with E-state index < -0.39 is 5.82 Å². The van der Waals surface area contributed by atoms with Gasteiger partial charge in [0.05, 0.1) is 19.4 Å². The highest BCUT2D eigenvalue weighted by molar-refractivity contribution is 6.02. The minimum absolute atomic E-state index is 0.0922. The predicted octanol–water partition coefficient (Wildman–Crippen LogP) is 4.50. The Balaban J connectivity index is 1.37. The molecule has 0 spiro atoms. The Bertz CT molecular complexity index is 1070. The van der Waals surface area contributed by atoms with Crippen molar-refractivity contribution < 1.29 is 18.7 Å². The lowest BCUT2D eigenvalue weighted by Crippen LogP contribution is -2.36. The number of halogens is 1. The van der Waals surface area contributed by atoms with Gasteiger partial charge in [-0.3, -0.25) is 9.78 Å². The van der Waals surface area contributed by atoms with Crippen LogP contribution in [0.15, 0.2) is 73.1 Å². The van der Waals surface area contributed by atoms with E-state index in [0.29, 0.717) is 30.2 Å². The van der Waals surface area contributed by atoms with Crippen LogP contribution in [0.1, 0.15) is 5.56 Å². The summed E-state index contributed by atoms with van der Waals surface area (Å²) in [7, 11) is 0. The van der Waals surface area contributed by atoms with Crippen molar-refractivity contribution in [3.8, 4) is 11.5 Å². The van der Waals surface area contributed by atoms with E-state index in [2.05, 4.69) is 15.2 Å². The van der Waals surface area contributed by atoms with Crippen molar-refractivity contribution in [1.82, 2.24) is 4.98 Å². The van der Waals surface area contributed by atoms with Gasteiger partial charge in [-0.1, -0.05) is 12.1 Å². The van der Waals surface area contributed by atoms with Crippen molar-refractivity contribution in [3.05, 3.63) is 84.4 Å². The molecule has 7 heteroatoms. The second kappa shape index (κ2) is 9.86. The van der Waals surface area contributed by atoms with Gasteiger partial charge in [0.25, 0.3) is 0 Å². The van der Waals surface area contributed by atoms with Crippen molar-refractivity contribution in [3.63, 3.8) is 0 Å². The molecule has 4 rings (SSSR count). The second-order valence-electron chi connectivity index (χ2n) is 6.95. The molecule has 0 radical (unpaired) electrons. The quantitative estimate of drug-likeness (QED) is 0.596. The van der Waals surface area contributed by atoms with Crippen LogP contribution in [-0.2, 0) is 9.53 Å². The molecular weight excluding hydrogens is 397 g/mol. The number of hydrogen-bond donors (Lipinski definition) is 1. The standard InChI is InChI=1S/C24H22FN3O3/c25-22-15-18(6-8-23(22)31-21-5-2-10-26-17-21)7-9-24(29)27-19-3-1-4-20(16-19)28-11-13-30-14-12-28/h1-10,15-17H,11-14H2,(H,27,29)/b9-7+. The lowest BCUT2D eigenvalue weighted by molar-refractivity contribution is -0.111. The lowest BCUT2D eigenvalue weighted by Gasteiger charge is -2.29. The highest BCUT2D eigenvalue weighted by atomic mass is 19.1. The minimum atomic E-state index is -0.523. The number of pyridine rings is 1. The van der Waals surface area contributed by atoms with Gasteiger partial charge >= 0.3 is 0 Å². The lowest BCUT2D eigenvalue weighted by atomic mass is 10.2. The number of benzene rings is 2. The molecule has 0 saturated carbocycles. The maximum absolute atomic E-state index is 14.3. The van der Waals surface area contributed by atoms with Crippen LogP contribution in [0.2, 0.25) is 0 Å². The first-order chi connectivity index (χ1) is 15.2. The first-order valence-corrected chi connectivity index (χ1v) is 9.97. The van der Waals surface area contributed by atoms with Gasteiger partial charge in [-0.25, -0.2) is 4.39 Å². The summed E-state index contributed by atoms with van der Waals surface area (Å²) in [6.45, 7) is 3.04. The van der Waals surface area contributed by atoms with E-state index >= 15 is 0 Å². The Hall–Kier alpha value is -3.71. The third-order valence-corrected chi connectivity index (χ3v) is 4.74. The predicted molar refractivity (Wildman–Crippen MR) is 118 cm³/mol. The van der Waals surface area contributed by atoms with E-state index in [0.717, 1.165) is 18.8 Å². The van der Waals surface area contributed by atoms with Crippen LogP contribution in [0.3, 0.4) is 0 Å². The number of hydrogen-bond acceptors (Lipinski definition) is 5. The molecular formula is C24H22FN3O3. The Morgan fingerprint density at radius 3 is 2.77 bits per heavy atom. The zero-order valence-corrected chi connectivity index (χ0v) is 16.8. The highest BCUT2D eigenvalue weighted by Crippen LogP contribution is 2.25. The van der Waals surface area contributed by atoms with Crippen LogP contribution in [0, 0.1) is 5.82 Å². The number of carbonyl (C=O) groups is 1. The molecule has 1 aromatic heterocycles. The van der Waals surface area contributed by atoms with Gasteiger partial charge in [-0.15, -0.1) is 0 Å². The summed E-state index contributed by atoms with van der Waals surface area (Å²) in [5.74, 6) is -0.280. The van der Waals surface area contributed by atoms with Crippen molar-refractivity contribution >= 4 is 23.4 Å². The summed E-state index contributed by atoms with van der Waals surface area (Å²) in [4.78, 5) is 18.5. The van der Waals surface area contributed by atoms with Gasteiger partial charge in [-0.2, -0.15) is 0 Å². The average molecular weight is 419 g/mol. The van der Waals surface area contributed by atoms with Crippen LogP contribution in [-0.4, -0.2) is 37.2 Å². The molecule has 31 heavy (non-hydrogen) atoms. The number of nitrogens with zero attached hydrogens (tertiary/aromatic N) is 2. The summed E-state index contributed by atoms with van der Waals surface area (Å²) in [5, 5.41) is 2.84. The van der Waals surface area contributed by atoms with Crippen molar-refractivity contribution in [2.24, 2.45) is 0 Å². The Labute approximate surface area is 179 Å². The van der Waals surface area contributed by atoms with Crippen LogP contribution in [0.25, 0.3) is 6.08 Å². The molecule has 1 fully saturated rings. The Kier molecular flexibility index (Phi) is 6.54. The van der Waals surface area contributed by atoms with Gasteiger partial charge in [-0.05, 0) is 54.1 Å². The molecule has 0 atom stereocenters. The SMILES string of the molecule is O=C(/C=C/c1ccc(Oc2cccnc2)c(F)c1)Nc1cccc(N2CCOCC2)c1. The first-order valence-electron chi connectivity index (χ1n) is 9.97. The largest absolute Gasteiger partial charge is 0.453 e. The molecule has 1 aliphatic rings. The number of morpholine rings is 1. The molecule has 0 aliphatic carbocycles. The summed E-state index contributed by atoms with van der Waals surface area (Å²) in [5.41, 5.74) is 2.29. The minimum Gasteiger partial charge on any atom is -0.453 e. The van der Waals surface area contributed by atoms with E-state index in [1.165, 1.54) is 24.4 Å². The number of aromatic nitrogens is 1. The topological polar surface area (TPSA) is 63.7 Å². The molecule has 158 valence electrons. The molecule has 0 bridgehead atoms. The molecule has 1 amide bonds. The fourth-order valence-electron chi connectivity index (χ4n) is 3.20. The van der Waals surface area contributed by atoms with E-state index in [1.807, 2.05) is 24.3 Å². The van der Waals surface area contributed by atoms with E-state index in [4.69, 9.17) is 9.47 Å². The second-order valence-corrected chi connectivity index (χ2v) is 6.95. The number of ether oxygens (including phenoxy) is 2. The summed E-state index contributed by atoms with van der Waals surface area (Å²) < 4.78 is 25.2. The maximum atomic E-state index is 14.3. The van der Waals surface area contributed by atoms with E-state index in [-0.39, 0.29) is 11.7 Å². The zero-order valence-electron chi connectivity index (χ0n) is 16.8. The number of anilines is 2. The number of carbonyl (C=O) groups excluding carboxylic acids is 1. The van der Waals surface area contributed by atoms with Gasteiger partial charge in [0, 0.05) is 36.7 Å². The monoisotopic (exact) mass is 419 g/mol. The Morgan fingerprint density at radius 1 is 1.13 bits per heavy atom. The number of nitrogens with one attached hydrogen (secondary N) is 1. The fourth-order valence-corrected chi connectivity index (χ4v) is 3.20. The summed E-state index contributed by atoms with van der Waals surface area (Å²) in [6.07, 6.45) is 6.04. The van der Waals surface area contributed by atoms with Gasteiger partial charge in [0.15, 0.2) is 11.6 Å². The van der Waals surface area contributed by atoms with Crippen LogP contribution in [0.4, 0.5) is 15.8 Å². The normalized spacial score (nSPS) is 13.9. The van der Waals surface area contributed by atoms with Crippen molar-refractivity contribution in [2.45, 2.75) is 0 Å². The van der Waals surface area contributed by atoms with Crippen molar-refractivity contribution in [1.29, 1.82) is 0 Å². The molecule has 3 aromatic rings. The van der Waals surface area contributed by atoms with Crippen LogP contribution < -0.4 is 15.0 Å². The average Bonchev–Trinajstić information content (AvgIpc) is 2.81. The van der Waals surface area contributed by atoms with Crippen LogP contribution >= 0.6 is 0 Å². The molecule has 1 saturated heterocycles.